The maximum Gasteiger partial charge on any atom is 0.0912 e. The van der Waals surface area contributed by atoms with Crippen molar-refractivity contribution in [2.45, 2.75) is 96.7 Å². The van der Waals surface area contributed by atoms with Gasteiger partial charge in [0.05, 0.1) is 8.07 Å². The van der Waals surface area contributed by atoms with E-state index in [0.29, 0.717) is 5.54 Å². The van der Waals surface area contributed by atoms with Gasteiger partial charge in [0.15, 0.2) is 0 Å². The molecule has 0 saturated heterocycles. The summed E-state index contributed by atoms with van der Waals surface area (Å²) in [6.07, 6.45) is 20.6. The van der Waals surface area contributed by atoms with Crippen LogP contribution in [-0.4, -0.2) is 8.07 Å². The van der Waals surface area contributed by atoms with E-state index in [2.05, 4.69) is 93.7 Å². The van der Waals surface area contributed by atoms with E-state index < -0.39 is 8.07 Å². The summed E-state index contributed by atoms with van der Waals surface area (Å²) in [5.74, 6) is 0. The Morgan fingerprint density at radius 3 is 1.88 bits per heavy atom. The van der Waals surface area contributed by atoms with Crippen LogP contribution in [-0.2, 0) is 12.8 Å². The molecular weight excluding hydrogens is 400 g/mol. The lowest BCUT2D eigenvalue weighted by Crippen LogP contribution is -2.45. The van der Waals surface area contributed by atoms with E-state index in [1.165, 1.54) is 75.3 Å². The second-order valence-corrected chi connectivity index (χ2v) is 14.9. The maximum absolute atomic E-state index is 2.58. The van der Waals surface area contributed by atoms with Crippen LogP contribution in [0.25, 0.3) is 5.57 Å². The molecule has 1 atom stereocenters. The summed E-state index contributed by atoms with van der Waals surface area (Å²) in [7, 11) is -1.66. The molecule has 0 aromatic heterocycles. The number of unbranched alkanes of at least 4 members (excludes halogenated alkanes) is 6. The standard InChI is InChI=1S/C31H44Si/c1-5-7-9-12-16-26-22-27(17-13-10-8-6-2)24-31(23-26)32(3,4)30-21-20-29(25-30)28-18-14-11-15-19-28/h11,14-15,18-25,30H,5-10,12-13,16-17H2,1-4H3. The van der Waals surface area contributed by atoms with E-state index in [1.54, 1.807) is 16.3 Å². The van der Waals surface area contributed by atoms with Gasteiger partial charge in [-0.1, -0.05) is 137 Å². The minimum atomic E-state index is -1.66. The summed E-state index contributed by atoms with van der Waals surface area (Å²) in [6.45, 7) is 9.75. The Labute approximate surface area is 198 Å². The van der Waals surface area contributed by atoms with Crippen molar-refractivity contribution in [1.29, 1.82) is 0 Å². The van der Waals surface area contributed by atoms with Crippen LogP contribution < -0.4 is 5.19 Å². The van der Waals surface area contributed by atoms with Crippen LogP contribution in [0.5, 0.6) is 0 Å². The Hall–Kier alpha value is -1.86. The Bertz CT molecular complexity index is 858. The predicted octanol–water partition coefficient (Wildman–Crippen LogP) is 8.87. The van der Waals surface area contributed by atoms with Gasteiger partial charge in [-0.2, -0.15) is 0 Å². The van der Waals surface area contributed by atoms with Crippen molar-refractivity contribution < 1.29 is 0 Å². The van der Waals surface area contributed by atoms with E-state index in [9.17, 15) is 0 Å². The second kappa shape index (κ2) is 12.4. The molecule has 0 spiro atoms. The van der Waals surface area contributed by atoms with Crippen molar-refractivity contribution in [3.05, 3.63) is 83.4 Å². The summed E-state index contributed by atoms with van der Waals surface area (Å²) in [5.41, 5.74) is 6.47. The summed E-state index contributed by atoms with van der Waals surface area (Å²) in [6, 6.07) is 18.6. The molecule has 0 N–H and O–H groups in total. The minimum absolute atomic E-state index is 0.570. The molecule has 0 heterocycles. The van der Waals surface area contributed by atoms with Crippen molar-refractivity contribution in [3.8, 4) is 0 Å². The topological polar surface area (TPSA) is 0 Å². The molecule has 0 fully saturated rings. The maximum atomic E-state index is 2.58. The second-order valence-electron chi connectivity index (χ2n) is 10.3. The molecular formula is C31H44Si. The molecule has 0 saturated carbocycles. The van der Waals surface area contributed by atoms with Gasteiger partial charge in [0.25, 0.3) is 0 Å². The smallest absolute Gasteiger partial charge is 0.0793 e. The first-order valence-electron chi connectivity index (χ1n) is 13.1. The van der Waals surface area contributed by atoms with E-state index >= 15 is 0 Å². The number of benzene rings is 2. The minimum Gasteiger partial charge on any atom is -0.0793 e. The van der Waals surface area contributed by atoms with Gasteiger partial charge in [-0.15, -0.1) is 0 Å². The molecule has 172 valence electrons. The summed E-state index contributed by atoms with van der Waals surface area (Å²) >= 11 is 0. The van der Waals surface area contributed by atoms with Crippen LogP contribution in [0, 0.1) is 0 Å². The van der Waals surface area contributed by atoms with Gasteiger partial charge < -0.3 is 0 Å². The zero-order valence-electron chi connectivity index (χ0n) is 21.0. The third kappa shape index (κ3) is 6.82. The van der Waals surface area contributed by atoms with Gasteiger partial charge in [-0.05, 0) is 53.5 Å². The fraction of sp³-hybridized carbons (Fsp3) is 0.484. The first-order chi connectivity index (χ1) is 15.5. The van der Waals surface area contributed by atoms with E-state index in [1.807, 2.05) is 0 Å². The van der Waals surface area contributed by atoms with Crippen molar-refractivity contribution in [2.24, 2.45) is 0 Å². The van der Waals surface area contributed by atoms with Crippen molar-refractivity contribution in [3.63, 3.8) is 0 Å². The van der Waals surface area contributed by atoms with Gasteiger partial charge in [0.2, 0.25) is 0 Å². The van der Waals surface area contributed by atoms with Crippen LogP contribution in [0.1, 0.15) is 81.9 Å². The first kappa shape index (κ1) is 24.8. The highest BCUT2D eigenvalue weighted by molar-refractivity contribution is 6.91. The fourth-order valence-corrected chi connectivity index (χ4v) is 7.58. The van der Waals surface area contributed by atoms with Gasteiger partial charge in [0.1, 0.15) is 0 Å². The average Bonchev–Trinajstić information content (AvgIpc) is 3.31. The van der Waals surface area contributed by atoms with Gasteiger partial charge >= 0.3 is 0 Å². The average molecular weight is 445 g/mol. The van der Waals surface area contributed by atoms with Gasteiger partial charge in [-0.25, -0.2) is 0 Å². The molecule has 1 aliphatic rings. The van der Waals surface area contributed by atoms with Crippen molar-refractivity contribution in [2.75, 3.05) is 0 Å². The van der Waals surface area contributed by atoms with E-state index in [4.69, 9.17) is 0 Å². The van der Waals surface area contributed by atoms with Crippen LogP contribution >= 0.6 is 0 Å². The highest BCUT2D eigenvalue weighted by atomic mass is 28.3. The van der Waals surface area contributed by atoms with Crippen molar-refractivity contribution in [1.82, 2.24) is 0 Å². The first-order valence-corrected chi connectivity index (χ1v) is 16.2. The normalized spacial score (nSPS) is 15.9. The van der Waals surface area contributed by atoms with Crippen LogP contribution in [0.2, 0.25) is 18.6 Å². The van der Waals surface area contributed by atoms with Gasteiger partial charge in [-0.3, -0.25) is 0 Å². The number of hydrogen-bond acceptors (Lipinski definition) is 0. The molecule has 0 amide bonds. The molecule has 3 rings (SSSR count). The molecule has 32 heavy (non-hydrogen) atoms. The largest absolute Gasteiger partial charge is 0.0912 e. The number of aryl methyl sites for hydroxylation is 2. The zero-order chi connectivity index (χ0) is 22.8. The molecule has 1 aliphatic carbocycles. The van der Waals surface area contributed by atoms with Gasteiger partial charge in [0, 0.05) is 0 Å². The fourth-order valence-electron chi connectivity index (χ4n) is 4.91. The van der Waals surface area contributed by atoms with Crippen LogP contribution in [0.3, 0.4) is 0 Å². The number of rotatable bonds is 13. The van der Waals surface area contributed by atoms with E-state index in [-0.39, 0.29) is 0 Å². The Morgan fingerprint density at radius 2 is 1.31 bits per heavy atom. The molecule has 2 aromatic rings. The molecule has 0 nitrogen and oxygen atoms in total. The van der Waals surface area contributed by atoms with Crippen LogP contribution in [0.15, 0.2) is 66.8 Å². The van der Waals surface area contributed by atoms with Crippen molar-refractivity contribution >= 4 is 18.8 Å². The molecule has 0 bridgehead atoms. The Morgan fingerprint density at radius 1 is 0.719 bits per heavy atom. The lowest BCUT2D eigenvalue weighted by Gasteiger charge is -2.29. The molecule has 1 heteroatoms. The summed E-state index contributed by atoms with van der Waals surface area (Å²) in [5, 5.41) is 1.65. The zero-order valence-corrected chi connectivity index (χ0v) is 22.0. The lowest BCUT2D eigenvalue weighted by molar-refractivity contribution is 0.661. The quantitative estimate of drug-likeness (QED) is 0.214. The summed E-state index contributed by atoms with van der Waals surface area (Å²) in [4.78, 5) is 0. The highest BCUT2D eigenvalue weighted by Gasteiger charge is 2.33. The number of allylic oxidation sites excluding steroid dienone is 4. The third-order valence-electron chi connectivity index (χ3n) is 7.22. The molecule has 0 radical (unpaired) electrons. The molecule has 2 aromatic carbocycles. The Kier molecular flexibility index (Phi) is 9.60. The third-order valence-corrected chi connectivity index (χ3v) is 11.0. The monoisotopic (exact) mass is 444 g/mol. The highest BCUT2D eigenvalue weighted by Crippen LogP contribution is 2.35. The summed E-state index contributed by atoms with van der Waals surface area (Å²) < 4.78 is 0. The molecule has 1 unspecified atom stereocenters. The van der Waals surface area contributed by atoms with E-state index in [0.717, 1.165) is 0 Å². The lowest BCUT2D eigenvalue weighted by atomic mass is 10.0. The molecule has 0 aliphatic heterocycles. The number of hydrogen-bond donors (Lipinski definition) is 0. The predicted molar refractivity (Wildman–Crippen MR) is 147 cm³/mol. The Balaban J connectivity index is 1.81. The SMILES string of the molecule is CCCCCCc1cc(CCCCCC)cc([Si](C)(C)C2C=CC(c3ccccc3)=C2)c1. The van der Waals surface area contributed by atoms with Crippen LogP contribution in [0.4, 0.5) is 0 Å².